The zero-order chi connectivity index (χ0) is 19.7. The topological polar surface area (TPSA) is 46.8 Å². The van der Waals surface area contributed by atoms with Crippen LogP contribution in [-0.2, 0) is 25.9 Å². The van der Waals surface area contributed by atoms with Crippen LogP contribution in [0.25, 0.3) is 5.82 Å². The molecule has 28 heavy (non-hydrogen) atoms. The molecular formula is C23H29N5. The average molecular weight is 376 g/mol. The van der Waals surface area contributed by atoms with Crippen molar-refractivity contribution >= 4 is 0 Å². The molecule has 4 rings (SSSR count). The number of hydrogen-bond donors (Lipinski definition) is 0. The number of pyridine rings is 1. The second-order valence-electron chi connectivity index (χ2n) is 7.84. The first kappa shape index (κ1) is 18.8. The Labute approximate surface area is 167 Å². The summed E-state index contributed by atoms with van der Waals surface area (Å²) >= 11 is 0. The maximum Gasteiger partial charge on any atom is 0.139 e. The van der Waals surface area contributed by atoms with Crippen LogP contribution in [-0.4, -0.2) is 31.0 Å². The van der Waals surface area contributed by atoms with Gasteiger partial charge in [0.05, 0.1) is 0 Å². The molecule has 5 nitrogen and oxygen atoms in total. The minimum Gasteiger partial charge on any atom is -0.303 e. The van der Waals surface area contributed by atoms with E-state index in [0.29, 0.717) is 0 Å². The number of fused-ring (bicyclic) bond motifs is 1. The Kier molecular flexibility index (Phi) is 5.27. The highest BCUT2D eigenvalue weighted by molar-refractivity contribution is 5.41. The van der Waals surface area contributed by atoms with Crippen LogP contribution in [0.1, 0.15) is 52.9 Å². The number of aryl methyl sites for hydroxylation is 3. The number of aromatic nitrogens is 4. The van der Waals surface area contributed by atoms with Crippen LogP contribution in [0.2, 0.25) is 0 Å². The lowest BCUT2D eigenvalue weighted by molar-refractivity contribution is 0.242. The van der Waals surface area contributed by atoms with Crippen LogP contribution >= 0.6 is 0 Å². The highest BCUT2D eigenvalue weighted by Gasteiger charge is 2.21. The summed E-state index contributed by atoms with van der Waals surface area (Å²) in [5.74, 6) is 2.02. The van der Waals surface area contributed by atoms with E-state index in [1.807, 2.05) is 18.5 Å². The van der Waals surface area contributed by atoms with Crippen molar-refractivity contribution in [1.29, 1.82) is 0 Å². The third-order valence-corrected chi connectivity index (χ3v) is 5.66. The Balaban J connectivity index is 1.54. The van der Waals surface area contributed by atoms with E-state index in [-0.39, 0.29) is 0 Å². The maximum atomic E-state index is 4.78. The van der Waals surface area contributed by atoms with Gasteiger partial charge in [-0.05, 0) is 50.5 Å². The summed E-state index contributed by atoms with van der Waals surface area (Å²) in [6.45, 7) is 11.6. The van der Waals surface area contributed by atoms with E-state index in [0.717, 1.165) is 50.5 Å². The fraction of sp³-hybridized carbons (Fsp3) is 0.435. The summed E-state index contributed by atoms with van der Waals surface area (Å²) in [5, 5.41) is 0. The van der Waals surface area contributed by atoms with Gasteiger partial charge in [-0.25, -0.2) is 15.0 Å². The van der Waals surface area contributed by atoms with Gasteiger partial charge in [-0.3, -0.25) is 4.90 Å². The van der Waals surface area contributed by atoms with E-state index < -0.39 is 0 Å². The summed E-state index contributed by atoms with van der Waals surface area (Å²) in [7, 11) is 0. The quantitative estimate of drug-likeness (QED) is 0.674. The van der Waals surface area contributed by atoms with Crippen molar-refractivity contribution in [2.45, 2.75) is 60.0 Å². The molecule has 0 amide bonds. The van der Waals surface area contributed by atoms with Gasteiger partial charge in [0.15, 0.2) is 0 Å². The van der Waals surface area contributed by atoms with E-state index in [1.54, 1.807) is 0 Å². The normalized spacial score (nSPS) is 14.3. The van der Waals surface area contributed by atoms with E-state index in [1.165, 1.54) is 33.8 Å². The molecule has 0 saturated heterocycles. The molecule has 0 unspecified atom stereocenters. The van der Waals surface area contributed by atoms with Gasteiger partial charge in [0, 0.05) is 67.5 Å². The summed E-state index contributed by atoms with van der Waals surface area (Å²) in [6.07, 6.45) is 6.98. The number of rotatable bonds is 5. The van der Waals surface area contributed by atoms with Crippen molar-refractivity contribution in [1.82, 2.24) is 24.4 Å². The lowest BCUT2D eigenvalue weighted by Crippen LogP contribution is -2.31. The van der Waals surface area contributed by atoms with E-state index >= 15 is 0 Å². The molecule has 5 heteroatoms. The molecule has 0 bridgehead atoms. The van der Waals surface area contributed by atoms with Crippen LogP contribution in [0.4, 0.5) is 0 Å². The molecule has 0 atom stereocenters. The van der Waals surface area contributed by atoms with Gasteiger partial charge in [-0.1, -0.05) is 13.0 Å². The van der Waals surface area contributed by atoms with Crippen molar-refractivity contribution in [3.8, 4) is 5.82 Å². The molecule has 0 spiro atoms. The van der Waals surface area contributed by atoms with Crippen LogP contribution < -0.4 is 0 Å². The van der Waals surface area contributed by atoms with Crippen molar-refractivity contribution in [2.75, 3.05) is 6.54 Å². The maximum absolute atomic E-state index is 4.78. The largest absolute Gasteiger partial charge is 0.303 e. The molecule has 0 saturated carbocycles. The molecule has 1 aliphatic rings. The molecule has 3 aromatic heterocycles. The zero-order valence-electron chi connectivity index (χ0n) is 17.4. The summed E-state index contributed by atoms with van der Waals surface area (Å²) < 4.78 is 2.28. The minimum absolute atomic E-state index is 0.925. The number of hydrogen-bond acceptors (Lipinski definition) is 4. The van der Waals surface area contributed by atoms with Gasteiger partial charge < -0.3 is 4.57 Å². The Morgan fingerprint density at radius 3 is 2.79 bits per heavy atom. The Hall–Kier alpha value is -2.53. The predicted molar refractivity (Wildman–Crippen MR) is 112 cm³/mol. The van der Waals surface area contributed by atoms with E-state index in [9.17, 15) is 0 Å². The third kappa shape index (κ3) is 3.59. The molecule has 3 aromatic rings. The monoisotopic (exact) mass is 375 g/mol. The Morgan fingerprint density at radius 2 is 2.00 bits per heavy atom. The van der Waals surface area contributed by atoms with Crippen LogP contribution in [0, 0.1) is 20.8 Å². The Bertz CT molecular complexity index is 989. The molecule has 4 heterocycles. The Morgan fingerprint density at radius 1 is 1.14 bits per heavy atom. The van der Waals surface area contributed by atoms with Gasteiger partial charge in [-0.2, -0.15) is 0 Å². The molecule has 1 aliphatic heterocycles. The zero-order valence-corrected chi connectivity index (χ0v) is 17.4. The van der Waals surface area contributed by atoms with Gasteiger partial charge in [0.25, 0.3) is 0 Å². The molecule has 0 radical (unpaired) electrons. The molecule has 0 aromatic carbocycles. The second-order valence-corrected chi connectivity index (χ2v) is 7.84. The average Bonchev–Trinajstić information content (AvgIpc) is 2.96. The fourth-order valence-electron chi connectivity index (χ4n) is 4.16. The van der Waals surface area contributed by atoms with Gasteiger partial charge in [0.2, 0.25) is 0 Å². The van der Waals surface area contributed by atoms with Gasteiger partial charge >= 0.3 is 0 Å². The summed E-state index contributed by atoms with van der Waals surface area (Å²) in [6, 6.07) is 6.42. The molecular weight excluding hydrogens is 346 g/mol. The standard InChI is InChI=1S/C23H29N5/c1-5-7-22-25-13-20-15-27(11-9-21(20)26-22)14-19-12-17(3)28(18(19)4)23-16(2)8-6-10-24-23/h6,8,10,12-13H,5,7,9,11,14-15H2,1-4H3. The fourth-order valence-corrected chi connectivity index (χ4v) is 4.16. The van der Waals surface area contributed by atoms with Crippen molar-refractivity contribution < 1.29 is 0 Å². The highest BCUT2D eigenvalue weighted by Crippen LogP contribution is 2.25. The first-order chi connectivity index (χ1) is 13.6. The smallest absolute Gasteiger partial charge is 0.139 e. The molecule has 146 valence electrons. The first-order valence-electron chi connectivity index (χ1n) is 10.2. The SMILES string of the molecule is CCCc1ncc2c(n1)CCN(Cc1cc(C)n(-c3ncccc3C)c1C)C2. The molecule has 0 fully saturated rings. The van der Waals surface area contributed by atoms with E-state index in [2.05, 4.69) is 59.3 Å². The van der Waals surface area contributed by atoms with Gasteiger partial charge in [-0.15, -0.1) is 0 Å². The molecule has 0 aliphatic carbocycles. The number of nitrogens with zero attached hydrogens (tertiary/aromatic N) is 5. The lowest BCUT2D eigenvalue weighted by atomic mass is 10.1. The highest BCUT2D eigenvalue weighted by atomic mass is 15.1. The second kappa shape index (κ2) is 7.84. The predicted octanol–water partition coefficient (Wildman–Crippen LogP) is 4.10. The van der Waals surface area contributed by atoms with Gasteiger partial charge in [0.1, 0.15) is 11.6 Å². The van der Waals surface area contributed by atoms with Crippen molar-refractivity contribution in [2.24, 2.45) is 0 Å². The van der Waals surface area contributed by atoms with Crippen LogP contribution in [0.3, 0.4) is 0 Å². The van der Waals surface area contributed by atoms with Crippen LogP contribution in [0.5, 0.6) is 0 Å². The van der Waals surface area contributed by atoms with Crippen molar-refractivity contribution in [3.05, 3.63) is 70.2 Å². The third-order valence-electron chi connectivity index (χ3n) is 5.66. The summed E-state index contributed by atoms with van der Waals surface area (Å²) in [5.41, 5.74) is 7.60. The minimum atomic E-state index is 0.925. The summed E-state index contributed by atoms with van der Waals surface area (Å²) in [4.78, 5) is 16.5. The lowest BCUT2D eigenvalue weighted by Gasteiger charge is -2.28. The molecule has 0 N–H and O–H groups in total. The first-order valence-corrected chi connectivity index (χ1v) is 10.2. The van der Waals surface area contributed by atoms with E-state index in [4.69, 9.17) is 4.98 Å². The van der Waals surface area contributed by atoms with Crippen LogP contribution in [0.15, 0.2) is 30.6 Å². The van der Waals surface area contributed by atoms with Crippen molar-refractivity contribution in [3.63, 3.8) is 0 Å².